The van der Waals surface area contributed by atoms with Gasteiger partial charge in [-0.3, -0.25) is 24.0 Å². The van der Waals surface area contributed by atoms with Gasteiger partial charge in [-0.05, 0) is 32.1 Å². The van der Waals surface area contributed by atoms with Gasteiger partial charge in [0.05, 0.1) is 0 Å². The molecule has 514 valence electrons. The minimum atomic E-state index is 0.0444. The highest BCUT2D eigenvalue weighted by Crippen LogP contribution is 2.14. The molecule has 87 heavy (non-hydrogen) atoms. The van der Waals surface area contributed by atoms with E-state index in [0.717, 1.165) is 83.8 Å². The van der Waals surface area contributed by atoms with Gasteiger partial charge in [0.2, 0.25) is 29.5 Å². The van der Waals surface area contributed by atoms with Crippen LogP contribution in [0.5, 0.6) is 0 Å². The molecule has 0 spiro atoms. The Kier molecular flexibility index (Phi) is 66.9. The predicted molar refractivity (Wildman–Crippen MR) is 373 cm³/mol. The number of rotatable bonds is 71. The van der Waals surface area contributed by atoms with Gasteiger partial charge in [-0.1, -0.05) is 272 Å². The van der Waals surface area contributed by atoms with Gasteiger partial charge in [-0.15, -0.1) is 0 Å². The summed E-state index contributed by atoms with van der Waals surface area (Å²) in [5.41, 5.74) is 0. The zero-order valence-corrected chi connectivity index (χ0v) is 58.4. The SMILES string of the molecule is CCCCCCCCCCCCNC(=O)CCN(CCNCCN(CCC(=O)NCCCCCCCCCCCC)CCN(CCC(=O)NCCCC)CCC(=O)NCCCCCCCCCCCC)CCC(=O)NCCCCCCCCCCCC. The van der Waals surface area contributed by atoms with E-state index in [9.17, 15) is 24.0 Å². The van der Waals surface area contributed by atoms with Crippen molar-refractivity contribution in [2.75, 3.05) is 105 Å². The number of amides is 5. The van der Waals surface area contributed by atoms with Crippen molar-refractivity contribution in [2.24, 2.45) is 0 Å². The van der Waals surface area contributed by atoms with E-state index in [-0.39, 0.29) is 29.5 Å². The predicted octanol–water partition coefficient (Wildman–Crippen LogP) is 15.5. The van der Waals surface area contributed by atoms with Crippen LogP contribution >= 0.6 is 0 Å². The molecule has 0 aliphatic carbocycles. The third-order valence-electron chi connectivity index (χ3n) is 17.5. The van der Waals surface area contributed by atoms with Crippen LogP contribution in [-0.4, -0.2) is 149 Å². The van der Waals surface area contributed by atoms with Crippen molar-refractivity contribution >= 4 is 29.5 Å². The molecule has 14 heteroatoms. The van der Waals surface area contributed by atoms with Crippen LogP contribution in [0, 0.1) is 0 Å². The number of hydrogen-bond acceptors (Lipinski definition) is 9. The molecule has 0 saturated heterocycles. The van der Waals surface area contributed by atoms with Crippen molar-refractivity contribution in [3.63, 3.8) is 0 Å². The van der Waals surface area contributed by atoms with Crippen molar-refractivity contribution in [1.82, 2.24) is 46.6 Å². The lowest BCUT2D eigenvalue weighted by Gasteiger charge is -2.28. The largest absolute Gasteiger partial charge is 0.356 e. The van der Waals surface area contributed by atoms with Gasteiger partial charge in [0, 0.05) is 137 Å². The molecule has 0 rings (SSSR count). The molecule has 14 nitrogen and oxygen atoms in total. The first kappa shape index (κ1) is 84.2. The number of nitrogens with one attached hydrogen (secondary N) is 6. The quantitative estimate of drug-likeness (QED) is 0.0325. The average Bonchev–Trinajstić information content (AvgIpc) is 3.53. The smallest absolute Gasteiger partial charge is 0.221 e. The minimum absolute atomic E-state index is 0.0444. The zero-order chi connectivity index (χ0) is 63.4. The van der Waals surface area contributed by atoms with Gasteiger partial charge >= 0.3 is 0 Å². The highest BCUT2D eigenvalue weighted by molar-refractivity contribution is 5.77. The van der Waals surface area contributed by atoms with E-state index < -0.39 is 0 Å². The van der Waals surface area contributed by atoms with Crippen LogP contribution in [0.4, 0.5) is 0 Å². The molecule has 0 bridgehead atoms. The lowest BCUT2D eigenvalue weighted by Crippen LogP contribution is -2.43. The number of unbranched alkanes of at least 4 members (excludes halogenated alkanes) is 37. The average molecular weight is 1230 g/mol. The summed E-state index contributed by atoms with van der Waals surface area (Å²) in [6.45, 7) is 21.9. The first-order valence-corrected chi connectivity index (χ1v) is 37.9. The minimum Gasteiger partial charge on any atom is -0.356 e. The van der Waals surface area contributed by atoms with E-state index in [1.54, 1.807) is 0 Å². The highest BCUT2D eigenvalue weighted by atomic mass is 16.2. The van der Waals surface area contributed by atoms with E-state index in [4.69, 9.17) is 0 Å². The zero-order valence-electron chi connectivity index (χ0n) is 58.4. The van der Waals surface area contributed by atoms with E-state index in [2.05, 4.69) is 81.2 Å². The topological polar surface area (TPSA) is 167 Å². The van der Waals surface area contributed by atoms with E-state index >= 15 is 0 Å². The number of nitrogens with zero attached hydrogens (tertiary/aromatic N) is 3. The maximum absolute atomic E-state index is 13.3. The standard InChI is InChI=1S/C73H147N9O5/c1-6-11-16-20-24-28-32-36-40-44-54-76-70(84)48-60-80(61-49-71(85)77-55-45-41-37-33-29-25-21-17-12-7-2)65-58-74-59-66-82(64-52-73(87)79-57-47-43-39-35-31-27-23-19-14-9-4)68-67-81(62-50-69(83)75-53-15-10-5)63-51-72(86)78-56-46-42-38-34-30-26-22-18-13-8-3/h74H,6-68H2,1-5H3,(H,75,83)(H,76,84)(H,77,85)(H,78,86)(H,79,87). The molecule has 0 aliphatic heterocycles. The van der Waals surface area contributed by atoms with Gasteiger partial charge in [0.15, 0.2) is 0 Å². The summed E-state index contributed by atoms with van der Waals surface area (Å²) in [7, 11) is 0. The Labute approximate surface area is 538 Å². The maximum atomic E-state index is 13.3. The molecular weight excluding hydrogens is 1080 g/mol. The van der Waals surface area contributed by atoms with Gasteiger partial charge < -0.3 is 46.6 Å². The molecule has 0 aliphatic rings. The molecular formula is C73H147N9O5. The molecule has 0 radical (unpaired) electrons. The van der Waals surface area contributed by atoms with E-state index in [1.165, 1.54) is 205 Å². The molecule has 0 aromatic carbocycles. The van der Waals surface area contributed by atoms with Crippen molar-refractivity contribution in [2.45, 2.75) is 336 Å². The summed E-state index contributed by atoms with van der Waals surface area (Å²) in [4.78, 5) is 72.5. The molecule has 0 unspecified atom stereocenters. The summed E-state index contributed by atoms with van der Waals surface area (Å²) < 4.78 is 0. The number of hydrogen-bond donors (Lipinski definition) is 6. The fourth-order valence-corrected chi connectivity index (χ4v) is 11.4. The van der Waals surface area contributed by atoms with Crippen molar-refractivity contribution in [3.8, 4) is 0 Å². The molecule has 0 aromatic rings. The molecule has 0 saturated carbocycles. The van der Waals surface area contributed by atoms with Crippen LogP contribution in [0.3, 0.4) is 0 Å². The van der Waals surface area contributed by atoms with Crippen LogP contribution in [0.1, 0.15) is 336 Å². The highest BCUT2D eigenvalue weighted by Gasteiger charge is 2.16. The second-order valence-electron chi connectivity index (χ2n) is 25.9. The molecule has 0 atom stereocenters. The Morgan fingerprint density at radius 1 is 0.195 bits per heavy atom. The normalized spacial score (nSPS) is 11.5. The molecule has 0 fully saturated rings. The van der Waals surface area contributed by atoms with Gasteiger partial charge in [0.25, 0.3) is 0 Å². The van der Waals surface area contributed by atoms with Gasteiger partial charge in [0.1, 0.15) is 0 Å². The Balaban J connectivity index is 5.65. The number of carbonyl (C=O) groups excluding carboxylic acids is 5. The lowest BCUT2D eigenvalue weighted by molar-refractivity contribution is -0.123. The molecule has 0 heterocycles. The second-order valence-corrected chi connectivity index (χ2v) is 25.9. The first-order valence-electron chi connectivity index (χ1n) is 37.9. The van der Waals surface area contributed by atoms with Crippen molar-refractivity contribution in [1.29, 1.82) is 0 Å². The summed E-state index contributed by atoms with van der Waals surface area (Å²) in [5, 5.41) is 19.5. The summed E-state index contributed by atoms with van der Waals surface area (Å²) in [5.74, 6) is 0.344. The van der Waals surface area contributed by atoms with E-state index in [1.807, 2.05) is 0 Å². The lowest BCUT2D eigenvalue weighted by atomic mass is 10.1. The van der Waals surface area contributed by atoms with Crippen molar-refractivity contribution < 1.29 is 24.0 Å². The van der Waals surface area contributed by atoms with Crippen LogP contribution in [0.25, 0.3) is 0 Å². The van der Waals surface area contributed by atoms with Crippen LogP contribution < -0.4 is 31.9 Å². The summed E-state index contributed by atoms with van der Waals surface area (Å²) in [6.07, 6.45) is 54.6. The number of carbonyl (C=O) groups is 5. The Hall–Kier alpha value is -2.81. The second kappa shape index (κ2) is 69.1. The molecule has 6 N–H and O–H groups in total. The molecule has 5 amide bonds. The molecule has 0 aromatic heterocycles. The Bertz CT molecular complexity index is 1470. The third kappa shape index (κ3) is 64.5. The fraction of sp³-hybridized carbons (Fsp3) is 0.932. The van der Waals surface area contributed by atoms with Gasteiger partial charge in [-0.2, -0.15) is 0 Å². The van der Waals surface area contributed by atoms with Crippen molar-refractivity contribution in [3.05, 3.63) is 0 Å². The first-order chi connectivity index (χ1) is 42.7. The fourth-order valence-electron chi connectivity index (χ4n) is 11.4. The Morgan fingerprint density at radius 2 is 0.368 bits per heavy atom. The summed E-state index contributed by atoms with van der Waals surface area (Å²) >= 11 is 0. The van der Waals surface area contributed by atoms with Crippen LogP contribution in [-0.2, 0) is 24.0 Å². The van der Waals surface area contributed by atoms with Gasteiger partial charge in [-0.25, -0.2) is 0 Å². The monoisotopic (exact) mass is 1230 g/mol. The Morgan fingerprint density at radius 3 is 0.586 bits per heavy atom. The summed E-state index contributed by atoms with van der Waals surface area (Å²) in [6, 6.07) is 0. The third-order valence-corrected chi connectivity index (χ3v) is 17.5. The van der Waals surface area contributed by atoms with E-state index in [0.29, 0.717) is 117 Å². The van der Waals surface area contributed by atoms with Crippen LogP contribution in [0.15, 0.2) is 0 Å². The maximum Gasteiger partial charge on any atom is 0.221 e. The van der Waals surface area contributed by atoms with Crippen LogP contribution in [0.2, 0.25) is 0 Å².